The lowest BCUT2D eigenvalue weighted by molar-refractivity contribution is 0.301. The molecule has 16 heavy (non-hydrogen) atoms. The number of pyridine rings is 1. The number of nitrogens with zero attached hydrogens (tertiary/aromatic N) is 1. The van der Waals surface area contributed by atoms with Gasteiger partial charge < -0.3 is 4.74 Å². The predicted molar refractivity (Wildman–Crippen MR) is 66.7 cm³/mol. The Morgan fingerprint density at radius 2 is 2.06 bits per heavy atom. The Hall–Kier alpha value is -1.83. The van der Waals surface area contributed by atoms with Crippen LogP contribution in [0.1, 0.15) is 12.8 Å². The Morgan fingerprint density at radius 1 is 1.19 bits per heavy atom. The zero-order valence-electron chi connectivity index (χ0n) is 9.23. The van der Waals surface area contributed by atoms with Gasteiger partial charge in [-0.05, 0) is 25.0 Å². The third-order valence-corrected chi connectivity index (χ3v) is 2.38. The molecule has 82 valence electrons. The molecule has 0 atom stereocenters. The second kappa shape index (κ2) is 5.31. The van der Waals surface area contributed by atoms with E-state index in [0.717, 1.165) is 23.7 Å². The monoisotopic (exact) mass is 213 g/mol. The summed E-state index contributed by atoms with van der Waals surface area (Å²) in [5.41, 5.74) is 0.976. The van der Waals surface area contributed by atoms with Crippen molar-refractivity contribution in [2.75, 3.05) is 6.61 Å². The van der Waals surface area contributed by atoms with Crippen LogP contribution < -0.4 is 4.74 Å². The minimum absolute atomic E-state index is 0.692. The Morgan fingerprint density at radius 3 is 2.94 bits per heavy atom. The van der Waals surface area contributed by atoms with E-state index in [1.807, 2.05) is 42.5 Å². The number of rotatable bonds is 5. The van der Waals surface area contributed by atoms with Gasteiger partial charge in [-0.25, -0.2) is 4.98 Å². The van der Waals surface area contributed by atoms with E-state index < -0.39 is 0 Å². The second-order valence-electron chi connectivity index (χ2n) is 3.62. The van der Waals surface area contributed by atoms with E-state index in [1.54, 1.807) is 0 Å². The quantitative estimate of drug-likeness (QED) is 0.559. The molecule has 2 rings (SSSR count). The summed E-state index contributed by atoms with van der Waals surface area (Å²) in [6.07, 6.45) is 3.86. The number of ether oxygens (including phenoxy) is 1. The summed E-state index contributed by atoms with van der Waals surface area (Å²) in [5, 5.41) is 1.14. The summed E-state index contributed by atoms with van der Waals surface area (Å²) in [6.45, 7) is 4.37. The van der Waals surface area contributed by atoms with Gasteiger partial charge in [0.1, 0.15) is 0 Å². The summed E-state index contributed by atoms with van der Waals surface area (Å²) in [7, 11) is 0. The average Bonchev–Trinajstić information content (AvgIpc) is 2.34. The molecule has 0 unspecified atom stereocenters. The number of para-hydroxylation sites is 1. The van der Waals surface area contributed by atoms with Crippen LogP contribution >= 0.6 is 0 Å². The van der Waals surface area contributed by atoms with Crippen molar-refractivity contribution in [1.29, 1.82) is 0 Å². The van der Waals surface area contributed by atoms with Crippen molar-refractivity contribution in [3.63, 3.8) is 0 Å². The van der Waals surface area contributed by atoms with E-state index >= 15 is 0 Å². The lowest BCUT2D eigenvalue weighted by Gasteiger charge is -2.05. The van der Waals surface area contributed by atoms with Crippen LogP contribution in [0, 0.1) is 0 Å². The number of hydrogen-bond acceptors (Lipinski definition) is 2. The van der Waals surface area contributed by atoms with Gasteiger partial charge in [-0.1, -0.05) is 24.3 Å². The van der Waals surface area contributed by atoms with E-state index in [2.05, 4.69) is 11.6 Å². The average molecular weight is 213 g/mol. The number of benzene rings is 1. The maximum atomic E-state index is 5.56. The summed E-state index contributed by atoms with van der Waals surface area (Å²) in [4.78, 5) is 4.42. The fraction of sp³-hybridized carbons (Fsp3) is 0.214. The highest BCUT2D eigenvalue weighted by Crippen LogP contribution is 2.16. The molecule has 0 bridgehead atoms. The van der Waals surface area contributed by atoms with Crippen molar-refractivity contribution in [3.05, 3.63) is 49.1 Å². The molecule has 1 aromatic carbocycles. The van der Waals surface area contributed by atoms with Crippen LogP contribution in [0.25, 0.3) is 10.9 Å². The zero-order chi connectivity index (χ0) is 11.2. The van der Waals surface area contributed by atoms with Crippen molar-refractivity contribution in [3.8, 4) is 5.88 Å². The number of fused-ring (bicyclic) bond motifs is 1. The Balaban J connectivity index is 2.05. The lowest BCUT2D eigenvalue weighted by Crippen LogP contribution is -1.98. The van der Waals surface area contributed by atoms with Crippen molar-refractivity contribution >= 4 is 10.9 Å². The number of hydrogen-bond donors (Lipinski definition) is 0. The molecule has 2 nitrogen and oxygen atoms in total. The van der Waals surface area contributed by atoms with Gasteiger partial charge in [0.05, 0.1) is 12.1 Å². The zero-order valence-corrected chi connectivity index (χ0v) is 9.23. The Bertz CT molecular complexity index is 479. The number of allylic oxidation sites excluding steroid dienone is 1. The largest absolute Gasteiger partial charge is 0.478 e. The molecule has 0 N–H and O–H groups in total. The van der Waals surface area contributed by atoms with Crippen LogP contribution in [0.2, 0.25) is 0 Å². The molecule has 1 aromatic heterocycles. The first-order valence-corrected chi connectivity index (χ1v) is 5.49. The highest BCUT2D eigenvalue weighted by Gasteiger charge is 1.97. The highest BCUT2D eigenvalue weighted by molar-refractivity contribution is 5.78. The van der Waals surface area contributed by atoms with Crippen LogP contribution in [0.4, 0.5) is 0 Å². The normalized spacial score (nSPS) is 10.2. The molecule has 0 amide bonds. The SMILES string of the molecule is C=CCCCOc1ccc2ccccc2n1. The number of unbranched alkanes of at least 4 members (excludes halogenated alkanes) is 1. The topological polar surface area (TPSA) is 22.1 Å². The summed E-state index contributed by atoms with van der Waals surface area (Å²) in [6, 6.07) is 12.0. The van der Waals surface area contributed by atoms with Gasteiger partial charge in [0.2, 0.25) is 5.88 Å². The van der Waals surface area contributed by atoms with Crippen molar-refractivity contribution in [2.45, 2.75) is 12.8 Å². The molecule has 0 saturated heterocycles. The van der Waals surface area contributed by atoms with Crippen molar-refractivity contribution in [2.24, 2.45) is 0 Å². The minimum atomic E-state index is 0.692. The van der Waals surface area contributed by atoms with Gasteiger partial charge in [0.25, 0.3) is 0 Å². The van der Waals surface area contributed by atoms with E-state index in [9.17, 15) is 0 Å². The Labute approximate surface area is 95.6 Å². The fourth-order valence-corrected chi connectivity index (χ4v) is 1.53. The molecule has 0 fully saturated rings. The van der Waals surface area contributed by atoms with Crippen LogP contribution in [0.5, 0.6) is 5.88 Å². The molecule has 0 saturated carbocycles. The van der Waals surface area contributed by atoms with Crippen LogP contribution in [0.15, 0.2) is 49.1 Å². The maximum absolute atomic E-state index is 5.56. The highest BCUT2D eigenvalue weighted by atomic mass is 16.5. The molecule has 0 aliphatic rings. The molecular weight excluding hydrogens is 198 g/mol. The summed E-state index contributed by atoms with van der Waals surface area (Å²) >= 11 is 0. The van der Waals surface area contributed by atoms with E-state index in [1.165, 1.54) is 0 Å². The Kier molecular flexibility index (Phi) is 3.54. The first-order valence-electron chi connectivity index (χ1n) is 5.49. The molecule has 0 spiro atoms. The molecule has 0 aliphatic carbocycles. The van der Waals surface area contributed by atoms with E-state index in [-0.39, 0.29) is 0 Å². The van der Waals surface area contributed by atoms with Crippen molar-refractivity contribution in [1.82, 2.24) is 4.98 Å². The molecule has 2 aromatic rings. The van der Waals surface area contributed by atoms with Gasteiger partial charge in [-0.2, -0.15) is 0 Å². The van der Waals surface area contributed by atoms with Crippen LogP contribution in [0.3, 0.4) is 0 Å². The van der Waals surface area contributed by atoms with Crippen molar-refractivity contribution < 1.29 is 4.74 Å². The maximum Gasteiger partial charge on any atom is 0.213 e. The third-order valence-electron chi connectivity index (χ3n) is 2.38. The summed E-state index contributed by atoms with van der Waals surface area (Å²) < 4.78 is 5.56. The van der Waals surface area contributed by atoms with Crippen LogP contribution in [-0.4, -0.2) is 11.6 Å². The molecule has 1 heterocycles. The first kappa shape index (κ1) is 10.7. The smallest absolute Gasteiger partial charge is 0.213 e. The lowest BCUT2D eigenvalue weighted by atomic mass is 10.2. The minimum Gasteiger partial charge on any atom is -0.478 e. The fourth-order valence-electron chi connectivity index (χ4n) is 1.53. The molecule has 2 heteroatoms. The van der Waals surface area contributed by atoms with Gasteiger partial charge in [0.15, 0.2) is 0 Å². The van der Waals surface area contributed by atoms with Crippen LogP contribution in [-0.2, 0) is 0 Å². The first-order chi connectivity index (χ1) is 7.90. The van der Waals surface area contributed by atoms with Gasteiger partial charge in [-0.15, -0.1) is 6.58 Å². The molecule has 0 radical (unpaired) electrons. The van der Waals surface area contributed by atoms with Gasteiger partial charge in [-0.3, -0.25) is 0 Å². The molecule has 0 aliphatic heterocycles. The second-order valence-corrected chi connectivity index (χ2v) is 3.62. The van der Waals surface area contributed by atoms with E-state index in [4.69, 9.17) is 4.74 Å². The molecular formula is C14H15NO. The van der Waals surface area contributed by atoms with Gasteiger partial charge in [0, 0.05) is 11.5 Å². The third kappa shape index (κ3) is 2.60. The van der Waals surface area contributed by atoms with Gasteiger partial charge >= 0.3 is 0 Å². The predicted octanol–water partition coefficient (Wildman–Crippen LogP) is 3.58. The standard InChI is InChI=1S/C14H15NO/c1-2-3-6-11-16-14-10-9-12-7-4-5-8-13(12)15-14/h2,4-5,7-10H,1,3,6,11H2. The van der Waals surface area contributed by atoms with E-state index in [0.29, 0.717) is 12.5 Å². The summed E-state index contributed by atoms with van der Waals surface area (Å²) in [5.74, 6) is 0.697. The number of aromatic nitrogens is 1.